The van der Waals surface area contributed by atoms with E-state index in [0.29, 0.717) is 17.4 Å². The van der Waals surface area contributed by atoms with Crippen LogP contribution < -0.4 is 0 Å². The number of benzene rings is 2. The van der Waals surface area contributed by atoms with E-state index < -0.39 is 0 Å². The molecule has 2 fully saturated rings. The van der Waals surface area contributed by atoms with E-state index in [4.69, 9.17) is 0 Å². The largest absolute Gasteiger partial charge is 0.507 e. The Kier molecular flexibility index (Phi) is 3.64. The van der Waals surface area contributed by atoms with Gasteiger partial charge in [0.05, 0.1) is 0 Å². The molecule has 0 amide bonds. The first-order valence-electron chi connectivity index (χ1n) is 9.44. The Morgan fingerprint density at radius 1 is 0.760 bits per heavy atom. The van der Waals surface area contributed by atoms with Gasteiger partial charge >= 0.3 is 0 Å². The minimum Gasteiger partial charge on any atom is -0.507 e. The molecule has 2 nitrogen and oxygen atoms in total. The van der Waals surface area contributed by atoms with Gasteiger partial charge in [-0.2, -0.15) is 0 Å². The lowest BCUT2D eigenvalue weighted by Crippen LogP contribution is -2.34. The molecule has 132 valence electrons. The van der Waals surface area contributed by atoms with E-state index in [2.05, 4.69) is 24.3 Å². The van der Waals surface area contributed by atoms with E-state index in [-0.39, 0.29) is 5.41 Å². The van der Waals surface area contributed by atoms with Crippen LogP contribution >= 0.6 is 0 Å². The second-order valence-corrected chi connectivity index (χ2v) is 8.47. The second kappa shape index (κ2) is 5.52. The van der Waals surface area contributed by atoms with Crippen molar-refractivity contribution in [1.82, 2.24) is 0 Å². The molecule has 2 atom stereocenters. The molecule has 0 aromatic heterocycles. The van der Waals surface area contributed by atoms with Crippen molar-refractivity contribution in [2.45, 2.75) is 58.8 Å². The number of fused-ring (bicyclic) bond motifs is 2. The van der Waals surface area contributed by atoms with Crippen molar-refractivity contribution in [2.75, 3.05) is 0 Å². The van der Waals surface area contributed by atoms with Gasteiger partial charge in [-0.15, -0.1) is 0 Å². The summed E-state index contributed by atoms with van der Waals surface area (Å²) in [4.78, 5) is 0. The molecule has 2 aromatic carbocycles. The second-order valence-electron chi connectivity index (χ2n) is 8.47. The SMILES string of the molecule is Cc1cc(C2(c3cc(C)c(O)c(C)c3)CC3CCC2C3)cc(C)c1O. The highest BCUT2D eigenvalue weighted by molar-refractivity contribution is 5.53. The highest BCUT2D eigenvalue weighted by atomic mass is 16.3. The molecular weight excluding hydrogens is 308 g/mol. The summed E-state index contributed by atoms with van der Waals surface area (Å²) in [6.45, 7) is 8.00. The summed E-state index contributed by atoms with van der Waals surface area (Å²) < 4.78 is 0. The first kappa shape index (κ1) is 16.5. The Morgan fingerprint density at radius 3 is 1.52 bits per heavy atom. The predicted octanol–water partition coefficient (Wildman–Crippen LogP) is 5.44. The smallest absolute Gasteiger partial charge is 0.121 e. The molecule has 4 rings (SSSR count). The standard InChI is InChI=1S/C23H28O2/c1-13-7-19(8-14(2)21(13)24)23(12-17-5-6-18(23)11-17)20-9-15(3)22(25)16(4)10-20/h7-10,17-18,24-25H,5-6,11-12H2,1-4H3. The van der Waals surface area contributed by atoms with Gasteiger partial charge < -0.3 is 10.2 Å². The molecule has 25 heavy (non-hydrogen) atoms. The summed E-state index contributed by atoms with van der Waals surface area (Å²) in [6, 6.07) is 8.78. The van der Waals surface area contributed by atoms with Crippen molar-refractivity contribution in [1.29, 1.82) is 0 Å². The van der Waals surface area contributed by atoms with Crippen molar-refractivity contribution in [3.05, 3.63) is 57.6 Å². The maximum Gasteiger partial charge on any atom is 0.121 e. The van der Waals surface area contributed by atoms with Crippen LogP contribution in [0, 0.1) is 39.5 Å². The minimum atomic E-state index is 0.0232. The Morgan fingerprint density at radius 2 is 1.20 bits per heavy atom. The quantitative estimate of drug-likeness (QED) is 0.767. The van der Waals surface area contributed by atoms with Gasteiger partial charge in [-0.3, -0.25) is 0 Å². The molecule has 2 aliphatic rings. The van der Waals surface area contributed by atoms with Crippen LogP contribution in [0.4, 0.5) is 0 Å². The highest BCUT2D eigenvalue weighted by Gasteiger charge is 2.53. The molecule has 0 spiro atoms. The molecule has 2 aromatic rings. The number of aromatic hydroxyl groups is 2. The van der Waals surface area contributed by atoms with Crippen LogP contribution in [0.2, 0.25) is 0 Å². The maximum atomic E-state index is 10.3. The zero-order valence-electron chi connectivity index (χ0n) is 15.7. The third-order valence-electron chi connectivity index (χ3n) is 6.86. The van der Waals surface area contributed by atoms with E-state index in [0.717, 1.165) is 28.2 Å². The third-order valence-corrected chi connectivity index (χ3v) is 6.86. The van der Waals surface area contributed by atoms with Crippen LogP contribution in [0.15, 0.2) is 24.3 Å². The summed E-state index contributed by atoms with van der Waals surface area (Å²) in [7, 11) is 0. The van der Waals surface area contributed by atoms with E-state index in [1.165, 1.54) is 36.8 Å². The number of phenols is 2. The summed E-state index contributed by atoms with van der Waals surface area (Å²) in [6.07, 6.45) is 5.12. The highest BCUT2D eigenvalue weighted by Crippen LogP contribution is 2.60. The van der Waals surface area contributed by atoms with Crippen LogP contribution in [-0.4, -0.2) is 10.2 Å². The van der Waals surface area contributed by atoms with Gasteiger partial charge in [-0.05, 0) is 92.2 Å². The molecule has 2 saturated carbocycles. The number of hydrogen-bond donors (Lipinski definition) is 2. The molecule has 2 unspecified atom stereocenters. The molecule has 0 heterocycles. The van der Waals surface area contributed by atoms with Crippen molar-refractivity contribution >= 4 is 0 Å². The van der Waals surface area contributed by atoms with Crippen LogP contribution in [0.1, 0.15) is 59.1 Å². The fraction of sp³-hybridized carbons (Fsp3) is 0.478. The third kappa shape index (κ3) is 2.30. The number of hydrogen-bond acceptors (Lipinski definition) is 2. The molecule has 2 N–H and O–H groups in total. The molecule has 2 heteroatoms. The normalized spacial score (nSPS) is 24.0. The van der Waals surface area contributed by atoms with Gasteiger partial charge in [0.1, 0.15) is 11.5 Å². The predicted molar refractivity (Wildman–Crippen MR) is 101 cm³/mol. The fourth-order valence-corrected chi connectivity index (χ4v) is 5.63. The van der Waals surface area contributed by atoms with E-state index >= 15 is 0 Å². The Hall–Kier alpha value is -1.96. The van der Waals surface area contributed by atoms with Crippen molar-refractivity contribution in [2.24, 2.45) is 11.8 Å². The number of phenolic OH excluding ortho intramolecular Hbond substituents is 2. The van der Waals surface area contributed by atoms with E-state index in [1.54, 1.807) is 0 Å². The van der Waals surface area contributed by atoms with Gasteiger partial charge in [-0.25, -0.2) is 0 Å². The maximum absolute atomic E-state index is 10.3. The zero-order chi connectivity index (χ0) is 17.9. The minimum absolute atomic E-state index is 0.0232. The molecular formula is C23H28O2. The topological polar surface area (TPSA) is 40.5 Å². The lowest BCUT2D eigenvalue weighted by Gasteiger charge is -2.40. The summed E-state index contributed by atoms with van der Waals surface area (Å²) in [5.41, 5.74) is 6.56. The van der Waals surface area contributed by atoms with E-state index in [9.17, 15) is 10.2 Å². The molecule has 2 aliphatic carbocycles. The first-order valence-corrected chi connectivity index (χ1v) is 9.44. The van der Waals surface area contributed by atoms with Gasteiger partial charge in [0.2, 0.25) is 0 Å². The first-order chi connectivity index (χ1) is 11.8. The summed E-state index contributed by atoms with van der Waals surface area (Å²) in [5, 5.41) is 20.5. The van der Waals surface area contributed by atoms with Crippen LogP contribution in [0.3, 0.4) is 0 Å². The number of aryl methyl sites for hydroxylation is 4. The van der Waals surface area contributed by atoms with Crippen LogP contribution in [0.5, 0.6) is 11.5 Å². The fourth-order valence-electron chi connectivity index (χ4n) is 5.63. The molecule has 0 saturated heterocycles. The lowest BCUT2D eigenvalue weighted by molar-refractivity contribution is 0.319. The van der Waals surface area contributed by atoms with Crippen molar-refractivity contribution < 1.29 is 10.2 Å². The Bertz CT molecular complexity index is 746. The van der Waals surface area contributed by atoms with Crippen LogP contribution in [-0.2, 0) is 5.41 Å². The van der Waals surface area contributed by atoms with Gasteiger partial charge in [0, 0.05) is 5.41 Å². The average molecular weight is 336 g/mol. The lowest BCUT2D eigenvalue weighted by atomic mass is 9.63. The van der Waals surface area contributed by atoms with Gasteiger partial charge in [0.15, 0.2) is 0 Å². The monoisotopic (exact) mass is 336 g/mol. The average Bonchev–Trinajstić information content (AvgIpc) is 3.18. The molecule has 0 radical (unpaired) electrons. The molecule has 2 bridgehead atoms. The summed E-state index contributed by atoms with van der Waals surface area (Å²) >= 11 is 0. The van der Waals surface area contributed by atoms with Crippen molar-refractivity contribution in [3.8, 4) is 11.5 Å². The number of rotatable bonds is 2. The van der Waals surface area contributed by atoms with E-state index in [1.807, 2.05) is 27.7 Å². The zero-order valence-corrected chi connectivity index (χ0v) is 15.7. The van der Waals surface area contributed by atoms with Crippen LogP contribution in [0.25, 0.3) is 0 Å². The molecule has 0 aliphatic heterocycles. The Labute approximate surface area is 150 Å². The van der Waals surface area contributed by atoms with Gasteiger partial charge in [0.25, 0.3) is 0 Å². The Balaban J connectivity index is 1.97. The van der Waals surface area contributed by atoms with Gasteiger partial charge in [-0.1, -0.05) is 30.7 Å². The van der Waals surface area contributed by atoms with Crippen molar-refractivity contribution in [3.63, 3.8) is 0 Å². The summed E-state index contributed by atoms with van der Waals surface area (Å²) in [5.74, 6) is 2.29.